The lowest BCUT2D eigenvalue weighted by Crippen LogP contribution is -2.53. The Morgan fingerprint density at radius 1 is 1.23 bits per heavy atom. The molecule has 0 atom stereocenters. The number of ether oxygens (including phenoxy) is 1. The summed E-state index contributed by atoms with van der Waals surface area (Å²) in [6.07, 6.45) is 7.96. The molecule has 144 valence electrons. The lowest BCUT2D eigenvalue weighted by molar-refractivity contribution is 0.0793. The van der Waals surface area contributed by atoms with E-state index in [0.717, 1.165) is 77.2 Å². The molecule has 3 rings (SSSR count). The van der Waals surface area contributed by atoms with Crippen LogP contribution in [0.5, 0.6) is 0 Å². The van der Waals surface area contributed by atoms with Gasteiger partial charge in [-0.2, -0.15) is 11.8 Å². The minimum Gasteiger partial charge on any atom is -0.381 e. The van der Waals surface area contributed by atoms with Crippen molar-refractivity contribution in [2.45, 2.75) is 24.5 Å². The Hall–Kier alpha value is -1.54. The Bertz CT molecular complexity index is 570. The number of thioether (sulfide) groups is 1. The number of piperazine rings is 1. The van der Waals surface area contributed by atoms with Crippen molar-refractivity contribution < 1.29 is 4.74 Å². The van der Waals surface area contributed by atoms with Crippen LogP contribution in [0.15, 0.2) is 23.5 Å². The van der Waals surface area contributed by atoms with Gasteiger partial charge < -0.3 is 19.9 Å². The molecule has 7 nitrogen and oxygen atoms in total. The van der Waals surface area contributed by atoms with E-state index >= 15 is 0 Å². The van der Waals surface area contributed by atoms with Crippen LogP contribution in [-0.4, -0.2) is 84.3 Å². The fourth-order valence-corrected chi connectivity index (χ4v) is 4.16. The number of nitrogens with zero attached hydrogens (tertiary/aromatic N) is 5. The minimum absolute atomic E-state index is 0.221. The quantitative estimate of drug-likeness (QED) is 0.615. The first-order chi connectivity index (χ1) is 12.8. The molecule has 2 saturated heterocycles. The van der Waals surface area contributed by atoms with Gasteiger partial charge in [-0.1, -0.05) is 0 Å². The number of anilines is 1. The maximum atomic E-state index is 5.55. The molecule has 8 heteroatoms. The molecule has 2 aliphatic heterocycles. The highest BCUT2D eigenvalue weighted by atomic mass is 32.2. The van der Waals surface area contributed by atoms with Gasteiger partial charge in [0.25, 0.3) is 0 Å². The molecule has 1 aromatic rings. The zero-order chi connectivity index (χ0) is 18.2. The number of nitrogens with one attached hydrogen (secondary N) is 1. The standard InChI is InChI=1S/C18H30N6OS/c1-3-19-16(22-15-18(26-2)5-13-25-14-6-18)23-9-11-24(12-10-23)17-20-7-4-8-21-17/h4,7-8H,3,5-6,9-15H2,1-2H3,(H,19,22). The second kappa shape index (κ2) is 9.41. The Kier molecular flexibility index (Phi) is 6.96. The molecule has 0 unspecified atom stereocenters. The van der Waals surface area contributed by atoms with E-state index in [9.17, 15) is 0 Å². The van der Waals surface area contributed by atoms with Crippen LogP contribution < -0.4 is 10.2 Å². The van der Waals surface area contributed by atoms with Gasteiger partial charge in [0.15, 0.2) is 5.96 Å². The number of rotatable bonds is 5. The Balaban J connectivity index is 1.61. The summed E-state index contributed by atoms with van der Waals surface area (Å²) < 4.78 is 5.77. The Morgan fingerprint density at radius 3 is 2.54 bits per heavy atom. The predicted octanol–water partition coefficient (Wildman–Crippen LogP) is 1.48. The number of aliphatic imine (C=N–C) groups is 1. The normalized spacial score (nSPS) is 20.9. The topological polar surface area (TPSA) is 65.9 Å². The second-order valence-corrected chi connectivity index (χ2v) is 7.97. The Morgan fingerprint density at radius 2 is 1.92 bits per heavy atom. The molecule has 1 N–H and O–H groups in total. The lowest BCUT2D eigenvalue weighted by atomic mass is 9.99. The molecule has 0 radical (unpaired) electrons. The third-order valence-electron chi connectivity index (χ3n) is 5.10. The number of aromatic nitrogens is 2. The fourth-order valence-electron chi connectivity index (χ4n) is 3.39. The van der Waals surface area contributed by atoms with Gasteiger partial charge in [0.1, 0.15) is 0 Å². The fraction of sp³-hybridized carbons (Fsp3) is 0.722. The van der Waals surface area contributed by atoms with E-state index < -0.39 is 0 Å². The van der Waals surface area contributed by atoms with Crippen LogP contribution in [0.2, 0.25) is 0 Å². The maximum Gasteiger partial charge on any atom is 0.225 e. The van der Waals surface area contributed by atoms with Gasteiger partial charge in [-0.05, 0) is 32.1 Å². The highest BCUT2D eigenvalue weighted by Gasteiger charge is 2.32. The second-order valence-electron chi connectivity index (χ2n) is 6.69. The van der Waals surface area contributed by atoms with Crippen molar-refractivity contribution in [1.82, 2.24) is 20.2 Å². The van der Waals surface area contributed by atoms with Gasteiger partial charge in [-0.15, -0.1) is 0 Å². The molecule has 0 bridgehead atoms. The summed E-state index contributed by atoms with van der Waals surface area (Å²) in [6, 6.07) is 1.85. The molecule has 0 saturated carbocycles. The molecule has 0 amide bonds. The molecule has 2 aliphatic rings. The maximum absolute atomic E-state index is 5.55. The van der Waals surface area contributed by atoms with E-state index in [2.05, 4.69) is 38.3 Å². The van der Waals surface area contributed by atoms with Crippen LogP contribution in [0, 0.1) is 0 Å². The summed E-state index contributed by atoms with van der Waals surface area (Å²) in [5.41, 5.74) is 0. The van der Waals surface area contributed by atoms with Crippen LogP contribution in [0.1, 0.15) is 19.8 Å². The summed E-state index contributed by atoms with van der Waals surface area (Å²) in [6.45, 7) is 9.25. The van der Waals surface area contributed by atoms with Crippen molar-refractivity contribution in [3.63, 3.8) is 0 Å². The van der Waals surface area contributed by atoms with Gasteiger partial charge in [-0.25, -0.2) is 9.97 Å². The molecule has 2 fully saturated rings. The zero-order valence-corrected chi connectivity index (χ0v) is 16.7. The molecule has 0 aliphatic carbocycles. The molecule has 3 heterocycles. The van der Waals surface area contributed by atoms with Crippen LogP contribution in [0.25, 0.3) is 0 Å². The Labute approximate surface area is 160 Å². The first-order valence-electron chi connectivity index (χ1n) is 9.44. The van der Waals surface area contributed by atoms with Crippen molar-refractivity contribution in [1.29, 1.82) is 0 Å². The highest BCUT2D eigenvalue weighted by Crippen LogP contribution is 2.34. The van der Waals surface area contributed by atoms with Crippen molar-refractivity contribution in [2.75, 3.05) is 63.6 Å². The number of hydrogen-bond acceptors (Lipinski definition) is 6. The van der Waals surface area contributed by atoms with Gasteiger partial charge >= 0.3 is 0 Å². The van der Waals surface area contributed by atoms with E-state index in [-0.39, 0.29) is 4.75 Å². The number of guanidine groups is 1. The van der Waals surface area contributed by atoms with E-state index in [1.807, 2.05) is 17.8 Å². The summed E-state index contributed by atoms with van der Waals surface area (Å²) in [5, 5.41) is 3.47. The van der Waals surface area contributed by atoms with Gasteiger partial charge in [0.2, 0.25) is 5.95 Å². The first-order valence-corrected chi connectivity index (χ1v) is 10.7. The van der Waals surface area contributed by atoms with E-state index in [4.69, 9.17) is 9.73 Å². The van der Waals surface area contributed by atoms with Gasteiger partial charge in [-0.3, -0.25) is 4.99 Å². The SMILES string of the molecule is CCNC(=NCC1(SC)CCOCC1)N1CCN(c2ncccn2)CC1. The van der Waals surface area contributed by atoms with Crippen LogP contribution in [0.4, 0.5) is 5.95 Å². The van der Waals surface area contributed by atoms with Crippen LogP contribution >= 0.6 is 11.8 Å². The molecule has 0 aromatic carbocycles. The predicted molar refractivity (Wildman–Crippen MR) is 108 cm³/mol. The molecule has 26 heavy (non-hydrogen) atoms. The molecular formula is C18H30N6OS. The summed E-state index contributed by atoms with van der Waals surface area (Å²) in [7, 11) is 0. The monoisotopic (exact) mass is 378 g/mol. The van der Waals surface area contributed by atoms with Crippen molar-refractivity contribution in [2.24, 2.45) is 4.99 Å². The molecule has 0 spiro atoms. The zero-order valence-electron chi connectivity index (χ0n) is 15.9. The third-order valence-corrected chi connectivity index (χ3v) is 6.51. The van der Waals surface area contributed by atoms with E-state index in [0.29, 0.717) is 0 Å². The van der Waals surface area contributed by atoms with Crippen molar-refractivity contribution in [3.8, 4) is 0 Å². The summed E-state index contributed by atoms with van der Waals surface area (Å²) in [5.74, 6) is 1.85. The van der Waals surface area contributed by atoms with E-state index in [1.165, 1.54) is 0 Å². The molecule has 1 aromatic heterocycles. The van der Waals surface area contributed by atoms with Gasteiger partial charge in [0, 0.05) is 63.1 Å². The summed E-state index contributed by atoms with van der Waals surface area (Å²) >= 11 is 1.94. The first kappa shape index (κ1) is 19.2. The van der Waals surface area contributed by atoms with Crippen molar-refractivity contribution in [3.05, 3.63) is 18.5 Å². The van der Waals surface area contributed by atoms with Crippen molar-refractivity contribution >= 4 is 23.7 Å². The minimum atomic E-state index is 0.221. The number of hydrogen-bond donors (Lipinski definition) is 1. The van der Waals surface area contributed by atoms with Crippen LogP contribution in [-0.2, 0) is 4.74 Å². The highest BCUT2D eigenvalue weighted by molar-refractivity contribution is 8.00. The summed E-state index contributed by atoms with van der Waals surface area (Å²) in [4.78, 5) is 18.3. The average Bonchev–Trinajstić information content (AvgIpc) is 2.72. The molecular weight excluding hydrogens is 348 g/mol. The average molecular weight is 379 g/mol. The smallest absolute Gasteiger partial charge is 0.225 e. The van der Waals surface area contributed by atoms with Gasteiger partial charge in [0.05, 0.1) is 6.54 Å². The van der Waals surface area contributed by atoms with E-state index in [1.54, 1.807) is 12.4 Å². The third kappa shape index (κ3) is 4.79. The lowest BCUT2D eigenvalue weighted by Gasteiger charge is -2.38. The van der Waals surface area contributed by atoms with Crippen LogP contribution in [0.3, 0.4) is 0 Å². The largest absolute Gasteiger partial charge is 0.381 e.